The molecule has 4 rings (SSSR count). The Bertz CT molecular complexity index is 815. The zero-order valence-corrected chi connectivity index (χ0v) is 13.2. The number of nitrogens with one attached hydrogen (secondary N) is 1. The smallest absolute Gasteiger partial charge is 0.148 e. The Balaban J connectivity index is 1.98. The molecule has 1 unspecified atom stereocenters. The Hall–Kier alpha value is -2.07. The fourth-order valence-corrected chi connectivity index (χ4v) is 3.81. The number of benzene rings is 1. The predicted octanol–water partition coefficient (Wildman–Crippen LogP) is 4.51. The second-order valence-electron chi connectivity index (χ2n) is 5.72. The second-order valence-corrected chi connectivity index (χ2v) is 6.50. The van der Waals surface area contributed by atoms with Gasteiger partial charge in [0.2, 0.25) is 0 Å². The Morgan fingerprint density at radius 3 is 2.81 bits per heavy atom. The molecule has 0 saturated carbocycles. The standard InChI is InChI=1S/C17H17N3S/c1-10-6-11(2)16-14(7-10)15-8-12(3)19-20(15)17(18-16)13-4-5-21-9-13/h4-9,17-18H,1-3H3. The number of aryl methyl sites for hydroxylation is 3. The zero-order valence-electron chi connectivity index (χ0n) is 12.3. The molecule has 21 heavy (non-hydrogen) atoms. The molecule has 1 aromatic carbocycles. The van der Waals surface area contributed by atoms with Crippen molar-refractivity contribution in [3.63, 3.8) is 0 Å². The molecule has 0 aliphatic carbocycles. The summed E-state index contributed by atoms with van der Waals surface area (Å²) < 4.78 is 2.11. The van der Waals surface area contributed by atoms with Gasteiger partial charge in [-0.1, -0.05) is 11.6 Å². The van der Waals surface area contributed by atoms with E-state index in [0.717, 1.165) is 5.69 Å². The minimum atomic E-state index is 0.0776. The lowest BCUT2D eigenvalue weighted by atomic mass is 9.98. The lowest BCUT2D eigenvalue weighted by molar-refractivity contribution is 0.572. The van der Waals surface area contributed by atoms with Crippen LogP contribution in [0.2, 0.25) is 0 Å². The number of hydrogen-bond acceptors (Lipinski definition) is 3. The van der Waals surface area contributed by atoms with Gasteiger partial charge in [-0.05, 0) is 55.3 Å². The molecule has 1 aliphatic rings. The molecular weight excluding hydrogens is 278 g/mol. The quantitative estimate of drug-likeness (QED) is 0.716. The first-order chi connectivity index (χ1) is 10.1. The lowest BCUT2D eigenvalue weighted by Crippen LogP contribution is -2.25. The van der Waals surface area contributed by atoms with Gasteiger partial charge in [0.1, 0.15) is 6.17 Å². The number of thiophene rings is 1. The molecule has 1 N–H and O–H groups in total. The van der Waals surface area contributed by atoms with E-state index in [4.69, 9.17) is 5.10 Å². The van der Waals surface area contributed by atoms with E-state index >= 15 is 0 Å². The normalized spacial score (nSPS) is 16.2. The summed E-state index contributed by atoms with van der Waals surface area (Å²) >= 11 is 1.72. The maximum absolute atomic E-state index is 4.71. The molecule has 0 amide bonds. The van der Waals surface area contributed by atoms with Gasteiger partial charge in [0.15, 0.2) is 0 Å². The van der Waals surface area contributed by atoms with Crippen LogP contribution >= 0.6 is 11.3 Å². The average Bonchev–Trinajstić information content (AvgIpc) is 3.06. The maximum atomic E-state index is 4.71. The number of aromatic nitrogens is 2. The Kier molecular flexibility index (Phi) is 2.69. The van der Waals surface area contributed by atoms with E-state index in [2.05, 4.69) is 65.8 Å². The summed E-state index contributed by atoms with van der Waals surface area (Å²) in [5.74, 6) is 0. The number of fused-ring (bicyclic) bond motifs is 3. The van der Waals surface area contributed by atoms with Gasteiger partial charge in [-0.2, -0.15) is 16.4 Å². The van der Waals surface area contributed by atoms with E-state index in [9.17, 15) is 0 Å². The molecule has 3 nitrogen and oxygen atoms in total. The van der Waals surface area contributed by atoms with Crippen LogP contribution in [0.4, 0.5) is 5.69 Å². The summed E-state index contributed by atoms with van der Waals surface area (Å²) in [6.07, 6.45) is 0.0776. The van der Waals surface area contributed by atoms with Crippen molar-refractivity contribution < 1.29 is 0 Å². The fourth-order valence-electron chi connectivity index (χ4n) is 3.13. The first-order valence-corrected chi connectivity index (χ1v) is 8.04. The van der Waals surface area contributed by atoms with Gasteiger partial charge in [0.25, 0.3) is 0 Å². The molecule has 0 fully saturated rings. The van der Waals surface area contributed by atoms with Gasteiger partial charge in [-0.15, -0.1) is 0 Å². The van der Waals surface area contributed by atoms with Crippen molar-refractivity contribution >= 4 is 17.0 Å². The van der Waals surface area contributed by atoms with Crippen LogP contribution in [0.25, 0.3) is 11.3 Å². The van der Waals surface area contributed by atoms with Gasteiger partial charge < -0.3 is 5.32 Å². The number of hydrogen-bond donors (Lipinski definition) is 1. The fraction of sp³-hybridized carbons (Fsp3) is 0.235. The predicted molar refractivity (Wildman–Crippen MR) is 88.0 cm³/mol. The third kappa shape index (κ3) is 1.90. The van der Waals surface area contributed by atoms with Crippen LogP contribution in [-0.2, 0) is 0 Å². The molecule has 1 atom stereocenters. The van der Waals surface area contributed by atoms with Crippen LogP contribution in [-0.4, -0.2) is 9.78 Å². The Morgan fingerprint density at radius 2 is 2.05 bits per heavy atom. The van der Waals surface area contributed by atoms with Crippen molar-refractivity contribution in [3.05, 3.63) is 57.4 Å². The van der Waals surface area contributed by atoms with Gasteiger partial charge in [0, 0.05) is 16.8 Å². The second kappa shape index (κ2) is 4.46. The molecular formula is C17H17N3S. The molecule has 0 bridgehead atoms. The summed E-state index contributed by atoms with van der Waals surface area (Å²) in [6.45, 7) is 6.37. The van der Waals surface area contributed by atoms with Gasteiger partial charge in [0.05, 0.1) is 11.4 Å². The summed E-state index contributed by atoms with van der Waals surface area (Å²) in [6, 6.07) is 8.82. The minimum Gasteiger partial charge on any atom is -0.359 e. The van der Waals surface area contributed by atoms with Crippen molar-refractivity contribution in [2.75, 3.05) is 5.32 Å². The van der Waals surface area contributed by atoms with E-state index in [1.54, 1.807) is 11.3 Å². The molecule has 1 aliphatic heterocycles. The van der Waals surface area contributed by atoms with Crippen LogP contribution in [0, 0.1) is 20.8 Å². The third-order valence-corrected chi connectivity index (χ3v) is 4.70. The van der Waals surface area contributed by atoms with Crippen molar-refractivity contribution in [2.45, 2.75) is 26.9 Å². The van der Waals surface area contributed by atoms with E-state index in [1.165, 1.54) is 33.6 Å². The first-order valence-electron chi connectivity index (χ1n) is 7.10. The maximum Gasteiger partial charge on any atom is 0.148 e. The van der Waals surface area contributed by atoms with Crippen LogP contribution in [0.3, 0.4) is 0 Å². The van der Waals surface area contributed by atoms with Crippen molar-refractivity contribution in [1.29, 1.82) is 0 Å². The van der Waals surface area contributed by atoms with Crippen LogP contribution in [0.5, 0.6) is 0 Å². The van der Waals surface area contributed by atoms with Crippen molar-refractivity contribution in [1.82, 2.24) is 9.78 Å². The largest absolute Gasteiger partial charge is 0.359 e. The topological polar surface area (TPSA) is 29.9 Å². The average molecular weight is 295 g/mol. The van der Waals surface area contributed by atoms with Gasteiger partial charge >= 0.3 is 0 Å². The van der Waals surface area contributed by atoms with Gasteiger partial charge in [-0.3, -0.25) is 0 Å². The van der Waals surface area contributed by atoms with E-state index in [0.29, 0.717) is 0 Å². The number of nitrogens with zero attached hydrogens (tertiary/aromatic N) is 2. The van der Waals surface area contributed by atoms with Crippen molar-refractivity contribution in [2.24, 2.45) is 0 Å². The number of anilines is 1. The summed E-state index contributed by atoms with van der Waals surface area (Å²) in [5.41, 5.74) is 8.56. The lowest BCUT2D eigenvalue weighted by Gasteiger charge is -2.30. The van der Waals surface area contributed by atoms with Gasteiger partial charge in [-0.25, -0.2) is 4.68 Å². The molecule has 106 valence electrons. The highest BCUT2D eigenvalue weighted by molar-refractivity contribution is 7.08. The molecule has 0 saturated heterocycles. The highest BCUT2D eigenvalue weighted by Gasteiger charge is 2.27. The molecule has 4 heteroatoms. The van der Waals surface area contributed by atoms with E-state index < -0.39 is 0 Å². The van der Waals surface area contributed by atoms with Crippen LogP contribution in [0.15, 0.2) is 35.0 Å². The molecule has 0 spiro atoms. The zero-order chi connectivity index (χ0) is 14.6. The first kappa shape index (κ1) is 12.7. The highest BCUT2D eigenvalue weighted by atomic mass is 32.1. The van der Waals surface area contributed by atoms with Crippen LogP contribution in [0.1, 0.15) is 28.6 Å². The Labute approximate surface area is 128 Å². The summed E-state index contributed by atoms with van der Waals surface area (Å²) in [4.78, 5) is 0. The molecule has 3 heterocycles. The summed E-state index contributed by atoms with van der Waals surface area (Å²) in [7, 11) is 0. The molecule has 0 radical (unpaired) electrons. The van der Waals surface area contributed by atoms with E-state index in [-0.39, 0.29) is 6.17 Å². The molecule has 2 aromatic heterocycles. The highest BCUT2D eigenvalue weighted by Crippen LogP contribution is 2.41. The van der Waals surface area contributed by atoms with Crippen LogP contribution < -0.4 is 5.32 Å². The van der Waals surface area contributed by atoms with E-state index in [1.807, 2.05) is 0 Å². The summed E-state index contributed by atoms with van der Waals surface area (Å²) in [5, 5.41) is 12.7. The molecule has 3 aromatic rings. The third-order valence-electron chi connectivity index (χ3n) is 4.00. The minimum absolute atomic E-state index is 0.0776. The SMILES string of the molecule is Cc1cc(C)c2c(c1)-c1cc(C)nn1C(c1ccsc1)N2. The number of rotatable bonds is 1. The Morgan fingerprint density at radius 1 is 1.19 bits per heavy atom. The monoisotopic (exact) mass is 295 g/mol. The van der Waals surface area contributed by atoms with Crippen molar-refractivity contribution in [3.8, 4) is 11.3 Å².